The molecule has 14 heteroatoms. The Morgan fingerprint density at radius 3 is 2.30 bits per heavy atom. The molecule has 12 nitrogen and oxygen atoms in total. The van der Waals surface area contributed by atoms with Crippen LogP contribution in [0.1, 0.15) is 50.5 Å². The van der Waals surface area contributed by atoms with E-state index in [1.54, 1.807) is 22.8 Å². The molecule has 0 spiro atoms. The minimum atomic E-state index is -4.11. The third kappa shape index (κ3) is 5.49. The number of methoxy groups -OCH3 is 3. The van der Waals surface area contributed by atoms with Gasteiger partial charge in [-0.3, -0.25) is 9.29 Å². The predicted molar refractivity (Wildman–Crippen MR) is 136 cm³/mol. The maximum absolute atomic E-state index is 13.6. The number of aromatic nitrogens is 5. The van der Waals surface area contributed by atoms with Crippen LogP contribution in [0.15, 0.2) is 30.6 Å². The largest absolute Gasteiger partial charge is 0.494 e. The molecule has 1 N–H and O–H groups in total. The number of nitrogens with zero attached hydrogens (tertiary/aromatic N) is 5. The molecule has 0 aliphatic carbocycles. The molecule has 0 radical (unpaired) electrons. The maximum atomic E-state index is 13.6. The second kappa shape index (κ2) is 11.2. The molecule has 2 aromatic heterocycles. The average Bonchev–Trinajstić information content (AvgIpc) is 3.50. The van der Waals surface area contributed by atoms with Crippen molar-refractivity contribution in [2.75, 3.05) is 26.1 Å². The van der Waals surface area contributed by atoms with Crippen molar-refractivity contribution in [2.45, 2.75) is 50.3 Å². The van der Waals surface area contributed by atoms with Gasteiger partial charge in [0.2, 0.25) is 16.0 Å². The van der Waals surface area contributed by atoms with Gasteiger partial charge < -0.3 is 18.9 Å². The minimum absolute atomic E-state index is 0.0247. The SMILES string of the molecule is COc1cccc(OC)c1-n1c(NS(=O)(=O)C(C)C(OC)c2ncc(Cl)cn2)nnc1[C@H]1CC[C@@H](C)O1. The Hall–Kier alpha value is -3.00. The van der Waals surface area contributed by atoms with Crippen LogP contribution in [0.25, 0.3) is 5.69 Å². The highest BCUT2D eigenvalue weighted by Crippen LogP contribution is 2.40. The van der Waals surface area contributed by atoms with Crippen molar-refractivity contribution in [2.24, 2.45) is 0 Å². The Bertz CT molecular complexity index is 1310. The number of nitrogens with one attached hydrogen (secondary N) is 1. The Balaban J connectivity index is 1.78. The van der Waals surface area contributed by atoms with Crippen LogP contribution in [0.5, 0.6) is 11.5 Å². The van der Waals surface area contributed by atoms with Crippen molar-refractivity contribution < 1.29 is 27.4 Å². The van der Waals surface area contributed by atoms with Crippen LogP contribution in [0.2, 0.25) is 5.02 Å². The zero-order chi connectivity index (χ0) is 26.7. The molecule has 200 valence electrons. The van der Waals surface area contributed by atoms with Crippen LogP contribution in [0.4, 0.5) is 5.95 Å². The van der Waals surface area contributed by atoms with E-state index in [1.807, 2.05) is 6.92 Å². The molecule has 4 rings (SSSR count). The van der Waals surface area contributed by atoms with E-state index in [1.165, 1.54) is 40.6 Å². The lowest BCUT2D eigenvalue weighted by Gasteiger charge is -2.23. The van der Waals surface area contributed by atoms with Gasteiger partial charge in [-0.05, 0) is 38.8 Å². The van der Waals surface area contributed by atoms with E-state index in [0.29, 0.717) is 34.5 Å². The van der Waals surface area contributed by atoms with Crippen molar-refractivity contribution in [1.82, 2.24) is 24.7 Å². The van der Waals surface area contributed by atoms with E-state index >= 15 is 0 Å². The fourth-order valence-corrected chi connectivity index (χ4v) is 5.42. The molecule has 1 aliphatic heterocycles. The first-order valence-electron chi connectivity index (χ1n) is 11.5. The Morgan fingerprint density at radius 2 is 1.76 bits per heavy atom. The molecule has 1 saturated heterocycles. The molecule has 1 aliphatic rings. The van der Waals surface area contributed by atoms with Gasteiger partial charge in [0.05, 0.1) is 25.3 Å². The summed E-state index contributed by atoms with van der Waals surface area (Å²) in [6, 6.07) is 5.24. The van der Waals surface area contributed by atoms with Gasteiger partial charge in [0, 0.05) is 19.5 Å². The first-order valence-corrected chi connectivity index (χ1v) is 13.5. The smallest absolute Gasteiger partial charge is 0.243 e. The third-order valence-corrected chi connectivity index (χ3v) is 8.02. The predicted octanol–water partition coefficient (Wildman–Crippen LogP) is 3.49. The van der Waals surface area contributed by atoms with E-state index < -0.39 is 27.5 Å². The number of hydrogen-bond donors (Lipinski definition) is 1. The number of sulfonamides is 1. The fourth-order valence-electron chi connectivity index (χ4n) is 4.20. The first-order chi connectivity index (χ1) is 17.7. The number of ether oxygens (including phenoxy) is 4. The first kappa shape index (κ1) is 27.0. The molecular formula is C23H29ClN6O6S. The summed E-state index contributed by atoms with van der Waals surface area (Å²) in [5.74, 6) is 1.40. The molecule has 0 amide bonds. The van der Waals surface area contributed by atoms with E-state index in [2.05, 4.69) is 24.9 Å². The average molecular weight is 553 g/mol. The second-order valence-corrected chi connectivity index (χ2v) is 11.0. The molecule has 2 unspecified atom stereocenters. The summed E-state index contributed by atoms with van der Waals surface area (Å²) < 4.78 is 53.9. The van der Waals surface area contributed by atoms with Gasteiger partial charge in [0.25, 0.3) is 0 Å². The summed E-state index contributed by atoms with van der Waals surface area (Å²) in [4.78, 5) is 8.24. The van der Waals surface area contributed by atoms with E-state index in [4.69, 9.17) is 30.5 Å². The highest BCUT2D eigenvalue weighted by molar-refractivity contribution is 7.93. The second-order valence-electron chi connectivity index (χ2n) is 8.51. The quantitative estimate of drug-likeness (QED) is 0.397. The number of anilines is 1. The Kier molecular flexibility index (Phi) is 8.17. The molecular weight excluding hydrogens is 524 g/mol. The van der Waals surface area contributed by atoms with Gasteiger partial charge >= 0.3 is 0 Å². The molecule has 4 atom stereocenters. The lowest BCUT2D eigenvalue weighted by molar-refractivity contribution is 0.0492. The van der Waals surface area contributed by atoms with Crippen LogP contribution in [0, 0.1) is 0 Å². The third-order valence-electron chi connectivity index (χ3n) is 6.13. The van der Waals surface area contributed by atoms with E-state index in [-0.39, 0.29) is 17.9 Å². The summed E-state index contributed by atoms with van der Waals surface area (Å²) in [6.07, 6.45) is 2.92. The molecule has 3 aromatic rings. The standard InChI is InChI=1S/C23H29ClN6O6S/c1-13-9-10-18(36-13)22-27-28-23(30(22)19-16(33-3)7-6-8-17(19)34-4)29-37(31,32)14(2)20(35-5)21-25-11-15(24)12-26-21/h6-8,11-14,18,20H,9-10H2,1-5H3,(H,28,29)/t13-,14?,18-,20?/m1/s1. The molecule has 0 bridgehead atoms. The topological polar surface area (TPSA) is 140 Å². The molecule has 0 saturated carbocycles. The van der Waals surface area contributed by atoms with Gasteiger partial charge in [0.1, 0.15) is 34.6 Å². The Morgan fingerprint density at radius 1 is 1.11 bits per heavy atom. The van der Waals surface area contributed by atoms with Crippen molar-refractivity contribution in [3.8, 4) is 17.2 Å². The fraction of sp³-hybridized carbons (Fsp3) is 0.478. The van der Waals surface area contributed by atoms with Crippen molar-refractivity contribution >= 4 is 27.6 Å². The maximum Gasteiger partial charge on any atom is 0.243 e. The monoisotopic (exact) mass is 552 g/mol. The number of halogens is 1. The summed E-state index contributed by atoms with van der Waals surface area (Å²) in [5.41, 5.74) is 0.435. The van der Waals surface area contributed by atoms with E-state index in [9.17, 15) is 8.42 Å². The minimum Gasteiger partial charge on any atom is -0.494 e. The van der Waals surface area contributed by atoms with Crippen LogP contribution < -0.4 is 14.2 Å². The van der Waals surface area contributed by atoms with Gasteiger partial charge in [0.15, 0.2) is 11.6 Å². The highest BCUT2D eigenvalue weighted by atomic mass is 35.5. The van der Waals surface area contributed by atoms with Crippen molar-refractivity contribution in [3.63, 3.8) is 0 Å². The summed E-state index contributed by atoms with van der Waals surface area (Å²) >= 11 is 5.88. The molecule has 37 heavy (non-hydrogen) atoms. The summed E-state index contributed by atoms with van der Waals surface area (Å²) in [5, 5.41) is 7.71. The molecule has 3 heterocycles. The Labute approximate surface area is 220 Å². The van der Waals surface area contributed by atoms with Crippen LogP contribution in [-0.2, 0) is 19.5 Å². The molecule has 1 fully saturated rings. The zero-order valence-electron chi connectivity index (χ0n) is 21.1. The van der Waals surface area contributed by atoms with Crippen LogP contribution in [0.3, 0.4) is 0 Å². The number of hydrogen-bond acceptors (Lipinski definition) is 10. The zero-order valence-corrected chi connectivity index (χ0v) is 22.7. The number of benzene rings is 1. The molecule has 1 aromatic carbocycles. The van der Waals surface area contributed by atoms with Crippen molar-refractivity contribution in [3.05, 3.63) is 47.3 Å². The van der Waals surface area contributed by atoms with Gasteiger partial charge in [-0.15, -0.1) is 10.2 Å². The van der Waals surface area contributed by atoms with Crippen LogP contribution >= 0.6 is 11.6 Å². The number of para-hydroxylation sites is 1. The summed E-state index contributed by atoms with van der Waals surface area (Å²) in [6.45, 7) is 3.46. The normalized spacial score (nSPS) is 19.4. The van der Waals surface area contributed by atoms with Crippen LogP contribution in [-0.4, -0.2) is 65.8 Å². The highest BCUT2D eigenvalue weighted by Gasteiger charge is 2.36. The lowest BCUT2D eigenvalue weighted by Crippen LogP contribution is -2.33. The van der Waals surface area contributed by atoms with Gasteiger partial charge in [-0.2, -0.15) is 0 Å². The lowest BCUT2D eigenvalue weighted by atomic mass is 10.2. The summed E-state index contributed by atoms with van der Waals surface area (Å²) in [7, 11) is 0.298. The van der Waals surface area contributed by atoms with Gasteiger partial charge in [-0.1, -0.05) is 17.7 Å². The van der Waals surface area contributed by atoms with Gasteiger partial charge in [-0.25, -0.2) is 18.4 Å². The van der Waals surface area contributed by atoms with E-state index in [0.717, 1.165) is 6.42 Å². The number of rotatable bonds is 10. The van der Waals surface area contributed by atoms with Crippen molar-refractivity contribution in [1.29, 1.82) is 0 Å².